The molecule has 2 aliphatic rings. The Balaban J connectivity index is 1.60. The van der Waals surface area contributed by atoms with Gasteiger partial charge < -0.3 is 20.2 Å². The van der Waals surface area contributed by atoms with Gasteiger partial charge in [-0.1, -0.05) is 18.0 Å². The normalized spacial score (nSPS) is 19.2. The maximum atomic E-state index is 12.4. The Bertz CT molecular complexity index is 622. The van der Waals surface area contributed by atoms with Gasteiger partial charge in [-0.3, -0.25) is 4.79 Å². The SMILES string of the molecule is CC(ON=C(N)c1ccc2c(c1)CCO2)C(=O)N1CCCCCC1. The molecule has 2 heterocycles. The zero-order valence-electron chi connectivity index (χ0n) is 14.2. The number of likely N-dealkylation sites (tertiary alicyclic amines) is 1. The monoisotopic (exact) mass is 331 g/mol. The van der Waals surface area contributed by atoms with Gasteiger partial charge in [-0.25, -0.2) is 0 Å². The lowest BCUT2D eigenvalue weighted by molar-refractivity contribution is -0.142. The van der Waals surface area contributed by atoms with Gasteiger partial charge in [0.25, 0.3) is 5.91 Å². The summed E-state index contributed by atoms with van der Waals surface area (Å²) < 4.78 is 5.48. The number of rotatable bonds is 4. The highest BCUT2D eigenvalue weighted by Crippen LogP contribution is 2.25. The highest BCUT2D eigenvalue weighted by atomic mass is 16.6. The molecule has 1 aromatic carbocycles. The van der Waals surface area contributed by atoms with E-state index in [1.54, 1.807) is 6.92 Å². The van der Waals surface area contributed by atoms with Crippen molar-refractivity contribution >= 4 is 11.7 Å². The van der Waals surface area contributed by atoms with Gasteiger partial charge in [0.2, 0.25) is 6.10 Å². The number of ether oxygens (including phenoxy) is 1. The van der Waals surface area contributed by atoms with E-state index in [0.717, 1.165) is 49.2 Å². The van der Waals surface area contributed by atoms with Crippen LogP contribution in [0.2, 0.25) is 0 Å². The van der Waals surface area contributed by atoms with Crippen molar-refractivity contribution < 1.29 is 14.4 Å². The molecule has 1 unspecified atom stereocenters. The van der Waals surface area contributed by atoms with Crippen LogP contribution in [0.15, 0.2) is 23.4 Å². The third-order valence-electron chi connectivity index (χ3n) is 4.56. The molecule has 2 aliphatic heterocycles. The molecular formula is C18H25N3O3. The minimum atomic E-state index is -0.626. The first-order valence-electron chi connectivity index (χ1n) is 8.69. The number of hydrogen-bond donors (Lipinski definition) is 1. The fourth-order valence-electron chi connectivity index (χ4n) is 3.13. The van der Waals surface area contributed by atoms with E-state index in [0.29, 0.717) is 6.61 Å². The lowest BCUT2D eigenvalue weighted by Gasteiger charge is -2.22. The molecule has 0 spiro atoms. The zero-order chi connectivity index (χ0) is 16.9. The van der Waals surface area contributed by atoms with Crippen LogP contribution in [0.3, 0.4) is 0 Å². The smallest absolute Gasteiger partial charge is 0.266 e. The summed E-state index contributed by atoms with van der Waals surface area (Å²) in [4.78, 5) is 19.7. The predicted octanol–water partition coefficient (Wildman–Crippen LogP) is 2.05. The second kappa shape index (κ2) is 7.55. The van der Waals surface area contributed by atoms with E-state index in [1.807, 2.05) is 23.1 Å². The van der Waals surface area contributed by atoms with Crippen LogP contribution in [0, 0.1) is 0 Å². The highest BCUT2D eigenvalue weighted by Gasteiger charge is 2.23. The number of carbonyl (C=O) groups is 1. The lowest BCUT2D eigenvalue weighted by Crippen LogP contribution is -2.39. The summed E-state index contributed by atoms with van der Waals surface area (Å²) in [5, 5.41) is 3.97. The van der Waals surface area contributed by atoms with Gasteiger partial charge in [-0.2, -0.15) is 0 Å². The number of hydrogen-bond acceptors (Lipinski definition) is 4. The number of amides is 1. The largest absolute Gasteiger partial charge is 0.493 e. The maximum absolute atomic E-state index is 12.4. The molecule has 0 aromatic heterocycles. The number of oxime groups is 1. The molecule has 0 aliphatic carbocycles. The fourth-order valence-corrected chi connectivity index (χ4v) is 3.13. The first-order chi connectivity index (χ1) is 11.6. The molecule has 1 atom stereocenters. The van der Waals surface area contributed by atoms with Crippen molar-refractivity contribution in [1.29, 1.82) is 0 Å². The quantitative estimate of drug-likeness (QED) is 0.520. The molecule has 1 saturated heterocycles. The van der Waals surface area contributed by atoms with E-state index in [1.165, 1.54) is 12.8 Å². The molecule has 0 saturated carbocycles. The number of amidine groups is 1. The van der Waals surface area contributed by atoms with E-state index in [9.17, 15) is 4.79 Å². The zero-order valence-corrected chi connectivity index (χ0v) is 14.2. The van der Waals surface area contributed by atoms with Crippen LogP contribution >= 0.6 is 0 Å². The summed E-state index contributed by atoms with van der Waals surface area (Å²) in [5.74, 6) is 1.16. The summed E-state index contributed by atoms with van der Waals surface area (Å²) in [6.45, 7) is 4.03. The number of fused-ring (bicyclic) bond motifs is 1. The summed E-state index contributed by atoms with van der Waals surface area (Å²) in [5.41, 5.74) is 7.91. The molecule has 6 nitrogen and oxygen atoms in total. The molecule has 0 bridgehead atoms. The second-order valence-electron chi connectivity index (χ2n) is 6.38. The van der Waals surface area contributed by atoms with Gasteiger partial charge in [-0.15, -0.1) is 0 Å². The Kier molecular flexibility index (Phi) is 5.23. The van der Waals surface area contributed by atoms with E-state index in [-0.39, 0.29) is 11.7 Å². The van der Waals surface area contributed by atoms with Crippen LogP contribution in [-0.4, -0.2) is 42.4 Å². The molecular weight excluding hydrogens is 306 g/mol. The van der Waals surface area contributed by atoms with E-state index in [2.05, 4.69) is 5.16 Å². The van der Waals surface area contributed by atoms with Crippen LogP contribution in [-0.2, 0) is 16.1 Å². The van der Waals surface area contributed by atoms with Crippen LogP contribution in [0.4, 0.5) is 0 Å². The summed E-state index contributed by atoms with van der Waals surface area (Å²) in [6.07, 6.45) is 4.74. The van der Waals surface area contributed by atoms with E-state index < -0.39 is 6.10 Å². The van der Waals surface area contributed by atoms with Crippen LogP contribution in [0.5, 0.6) is 5.75 Å². The predicted molar refractivity (Wildman–Crippen MR) is 92.0 cm³/mol. The van der Waals surface area contributed by atoms with Crippen molar-refractivity contribution in [1.82, 2.24) is 4.90 Å². The Labute approximate surface area is 142 Å². The first kappa shape index (κ1) is 16.6. The van der Waals surface area contributed by atoms with Crippen molar-refractivity contribution in [3.63, 3.8) is 0 Å². The third kappa shape index (κ3) is 3.80. The number of benzene rings is 1. The van der Waals surface area contributed by atoms with Gasteiger partial charge in [0.15, 0.2) is 5.84 Å². The average Bonchev–Trinajstić information content (AvgIpc) is 2.90. The molecule has 1 fully saturated rings. The molecule has 1 amide bonds. The van der Waals surface area contributed by atoms with Crippen molar-refractivity contribution in [2.75, 3.05) is 19.7 Å². The number of carbonyl (C=O) groups excluding carboxylic acids is 1. The molecule has 0 radical (unpaired) electrons. The number of nitrogens with two attached hydrogens (primary N) is 1. The van der Waals surface area contributed by atoms with Gasteiger partial charge in [0.05, 0.1) is 6.61 Å². The average molecular weight is 331 g/mol. The van der Waals surface area contributed by atoms with Crippen LogP contribution < -0.4 is 10.5 Å². The summed E-state index contributed by atoms with van der Waals surface area (Å²) in [7, 11) is 0. The summed E-state index contributed by atoms with van der Waals surface area (Å²) >= 11 is 0. The Hall–Kier alpha value is -2.24. The minimum Gasteiger partial charge on any atom is -0.493 e. The highest BCUT2D eigenvalue weighted by molar-refractivity contribution is 5.97. The maximum Gasteiger partial charge on any atom is 0.266 e. The van der Waals surface area contributed by atoms with Gasteiger partial charge >= 0.3 is 0 Å². The fraction of sp³-hybridized carbons (Fsp3) is 0.556. The minimum absolute atomic E-state index is 0.0178. The van der Waals surface area contributed by atoms with Crippen molar-refractivity contribution in [2.45, 2.75) is 45.1 Å². The Morgan fingerprint density at radius 2 is 2.04 bits per heavy atom. The van der Waals surface area contributed by atoms with Gasteiger partial charge in [0, 0.05) is 25.1 Å². The van der Waals surface area contributed by atoms with Crippen molar-refractivity contribution in [3.05, 3.63) is 29.3 Å². The van der Waals surface area contributed by atoms with Gasteiger partial charge in [0.1, 0.15) is 5.75 Å². The number of nitrogens with zero attached hydrogens (tertiary/aromatic N) is 2. The van der Waals surface area contributed by atoms with E-state index in [4.69, 9.17) is 15.3 Å². The molecule has 24 heavy (non-hydrogen) atoms. The van der Waals surface area contributed by atoms with E-state index >= 15 is 0 Å². The molecule has 3 rings (SSSR count). The standard InChI is InChI=1S/C18H25N3O3/c1-13(18(22)21-9-4-2-3-5-10-21)24-20-17(19)15-6-7-16-14(12-15)8-11-23-16/h6-7,12-13H,2-5,8-11H2,1H3,(H2,19,20). The lowest BCUT2D eigenvalue weighted by atomic mass is 10.1. The molecule has 6 heteroatoms. The molecule has 130 valence electrons. The van der Waals surface area contributed by atoms with Crippen molar-refractivity contribution in [3.8, 4) is 5.75 Å². The third-order valence-corrected chi connectivity index (χ3v) is 4.56. The summed E-state index contributed by atoms with van der Waals surface area (Å²) in [6, 6.07) is 5.71. The first-order valence-corrected chi connectivity index (χ1v) is 8.69. The van der Waals surface area contributed by atoms with Crippen LogP contribution in [0.25, 0.3) is 0 Å². The van der Waals surface area contributed by atoms with Crippen LogP contribution in [0.1, 0.15) is 43.7 Å². The molecule has 2 N–H and O–H groups in total. The Morgan fingerprint density at radius 3 is 2.79 bits per heavy atom. The topological polar surface area (TPSA) is 77.1 Å². The van der Waals surface area contributed by atoms with Gasteiger partial charge in [-0.05, 0) is 43.5 Å². The van der Waals surface area contributed by atoms with Crippen molar-refractivity contribution in [2.24, 2.45) is 10.9 Å². The second-order valence-corrected chi connectivity index (χ2v) is 6.38. The molecule has 1 aromatic rings. The Morgan fingerprint density at radius 1 is 1.29 bits per heavy atom.